The molecule has 0 spiro atoms. The Kier molecular flexibility index (Phi) is 5.43. The van der Waals surface area contributed by atoms with Gasteiger partial charge in [-0.15, -0.1) is 10.2 Å². The van der Waals surface area contributed by atoms with Gasteiger partial charge in [-0.05, 0) is 44.4 Å². The molecular weight excluding hydrogens is 304 g/mol. The number of hydrogen-bond donors (Lipinski definition) is 1. The summed E-state index contributed by atoms with van der Waals surface area (Å²) in [7, 11) is 0. The summed E-state index contributed by atoms with van der Waals surface area (Å²) in [6, 6.07) is 0. The van der Waals surface area contributed by atoms with Gasteiger partial charge in [-0.25, -0.2) is 0 Å². The van der Waals surface area contributed by atoms with Crippen LogP contribution < -0.4 is 0 Å². The van der Waals surface area contributed by atoms with E-state index in [4.69, 9.17) is 9.47 Å². The molecule has 6 heteroatoms. The quantitative estimate of drug-likeness (QED) is 0.740. The summed E-state index contributed by atoms with van der Waals surface area (Å²) < 4.78 is 12.5. The predicted octanol–water partition coefficient (Wildman–Crippen LogP) is 3.06. The first kappa shape index (κ1) is 16.5. The predicted molar refractivity (Wildman–Crippen MR) is 89.4 cm³/mol. The van der Waals surface area contributed by atoms with Gasteiger partial charge in [-0.1, -0.05) is 30.9 Å². The van der Waals surface area contributed by atoms with Crippen molar-refractivity contribution in [2.45, 2.75) is 88.9 Å². The first-order valence-corrected chi connectivity index (χ1v) is 9.89. The second kappa shape index (κ2) is 7.91. The van der Waals surface area contributed by atoms with E-state index >= 15 is 0 Å². The van der Waals surface area contributed by atoms with E-state index in [0.717, 1.165) is 25.3 Å². The third kappa shape index (κ3) is 3.80. The van der Waals surface area contributed by atoms with Gasteiger partial charge < -0.3 is 9.47 Å². The fraction of sp³-hybridized carbons (Fsp3) is 0.944. The van der Waals surface area contributed by atoms with Crippen LogP contribution in [0.25, 0.3) is 0 Å². The van der Waals surface area contributed by atoms with Gasteiger partial charge in [0, 0.05) is 12.3 Å². The van der Waals surface area contributed by atoms with Crippen molar-refractivity contribution in [3.63, 3.8) is 0 Å². The molecule has 2 bridgehead atoms. The van der Waals surface area contributed by atoms with Crippen molar-refractivity contribution in [2.24, 2.45) is 11.8 Å². The second-order valence-corrected chi connectivity index (χ2v) is 7.79. The highest BCUT2D eigenvalue weighted by Crippen LogP contribution is 2.46. The molecule has 134 valence electrons. The average Bonchev–Trinajstić information content (AvgIpc) is 3.35. The lowest BCUT2D eigenvalue weighted by atomic mass is 9.77. The van der Waals surface area contributed by atoms with Gasteiger partial charge in [0.05, 0.1) is 24.9 Å². The number of rotatable bonds is 8. The molecule has 2 saturated heterocycles. The monoisotopic (exact) mass is 334 g/mol. The summed E-state index contributed by atoms with van der Waals surface area (Å²) in [6.45, 7) is 0.918. The van der Waals surface area contributed by atoms with Crippen LogP contribution in [-0.4, -0.2) is 45.5 Å². The lowest BCUT2D eigenvalue weighted by Gasteiger charge is -2.30. The summed E-state index contributed by atoms with van der Waals surface area (Å²) >= 11 is 0. The maximum Gasteiger partial charge on any atom is 0.174 e. The Bertz CT molecular complexity index is 489. The van der Waals surface area contributed by atoms with E-state index in [1.54, 1.807) is 0 Å². The summed E-state index contributed by atoms with van der Waals surface area (Å²) in [6.07, 6.45) is 15.1. The van der Waals surface area contributed by atoms with Crippen molar-refractivity contribution in [3.8, 4) is 0 Å². The molecule has 1 aromatic heterocycles. The van der Waals surface area contributed by atoms with E-state index in [9.17, 15) is 0 Å². The zero-order valence-electron chi connectivity index (χ0n) is 14.5. The SMILES string of the molecule is C1CCC(OC[C@H]2[C@@H](CCCCc3nn[nH]n3)[C@H]3CC[C@@H]2O3)CC1. The van der Waals surface area contributed by atoms with Gasteiger partial charge in [0.2, 0.25) is 0 Å². The number of unbranched alkanes of at least 4 members (excludes halogenated alkanes) is 1. The number of H-pyrrole nitrogens is 1. The smallest absolute Gasteiger partial charge is 0.174 e. The molecule has 0 unspecified atom stereocenters. The van der Waals surface area contributed by atoms with Crippen LogP contribution in [0.1, 0.15) is 70.0 Å². The molecule has 24 heavy (non-hydrogen) atoms. The third-order valence-electron chi connectivity index (χ3n) is 6.24. The fourth-order valence-corrected chi connectivity index (χ4v) is 4.93. The van der Waals surface area contributed by atoms with Crippen molar-refractivity contribution in [1.82, 2.24) is 20.6 Å². The normalized spacial score (nSPS) is 33.3. The van der Waals surface area contributed by atoms with Gasteiger partial charge in [0.1, 0.15) is 0 Å². The molecule has 3 heterocycles. The first-order valence-electron chi connectivity index (χ1n) is 9.89. The highest BCUT2D eigenvalue weighted by Gasteiger charge is 2.48. The number of aromatic nitrogens is 4. The molecule has 0 aromatic carbocycles. The van der Waals surface area contributed by atoms with Gasteiger partial charge in [0.25, 0.3) is 0 Å². The minimum absolute atomic E-state index is 0.459. The molecule has 6 nitrogen and oxygen atoms in total. The Morgan fingerprint density at radius 3 is 2.62 bits per heavy atom. The molecule has 1 aliphatic carbocycles. The molecule has 1 saturated carbocycles. The molecule has 3 fully saturated rings. The van der Waals surface area contributed by atoms with Crippen LogP contribution in [-0.2, 0) is 15.9 Å². The highest BCUT2D eigenvalue weighted by atomic mass is 16.5. The van der Waals surface area contributed by atoms with Crippen molar-refractivity contribution in [2.75, 3.05) is 6.61 Å². The van der Waals surface area contributed by atoms with Crippen molar-refractivity contribution < 1.29 is 9.47 Å². The maximum absolute atomic E-state index is 6.30. The van der Waals surface area contributed by atoms with Gasteiger partial charge in [-0.2, -0.15) is 5.21 Å². The summed E-state index contributed by atoms with van der Waals surface area (Å²) in [5, 5.41) is 14.2. The van der Waals surface area contributed by atoms with E-state index in [0.29, 0.717) is 30.1 Å². The summed E-state index contributed by atoms with van der Waals surface area (Å²) in [5.41, 5.74) is 0. The standard InChI is InChI=1S/C18H30N4O2/c1-2-6-13(7-3-1)23-12-15-14(16-10-11-17(15)24-16)8-4-5-9-18-19-21-22-20-18/h13-17H,1-12H2,(H,19,20,21,22)/t14-,15+,16-,17+/m1/s1. The van der Waals surface area contributed by atoms with E-state index in [1.807, 2.05) is 0 Å². The molecule has 4 rings (SSSR count). The first-order chi connectivity index (χ1) is 11.9. The van der Waals surface area contributed by atoms with Gasteiger partial charge in [0.15, 0.2) is 5.82 Å². The van der Waals surface area contributed by atoms with E-state index in [2.05, 4.69) is 20.6 Å². The largest absolute Gasteiger partial charge is 0.378 e. The second-order valence-electron chi connectivity index (χ2n) is 7.79. The van der Waals surface area contributed by atoms with E-state index in [-0.39, 0.29) is 0 Å². The van der Waals surface area contributed by atoms with Crippen molar-refractivity contribution >= 4 is 0 Å². The third-order valence-corrected chi connectivity index (χ3v) is 6.24. The lowest BCUT2D eigenvalue weighted by molar-refractivity contribution is -0.0138. The number of fused-ring (bicyclic) bond motifs is 2. The minimum atomic E-state index is 0.459. The van der Waals surface area contributed by atoms with Crippen LogP contribution in [0.4, 0.5) is 0 Å². The van der Waals surface area contributed by atoms with Crippen LogP contribution in [0, 0.1) is 11.8 Å². The summed E-state index contributed by atoms with van der Waals surface area (Å²) in [5.74, 6) is 2.14. The Morgan fingerprint density at radius 1 is 1.00 bits per heavy atom. The Morgan fingerprint density at radius 2 is 1.83 bits per heavy atom. The van der Waals surface area contributed by atoms with Crippen molar-refractivity contribution in [3.05, 3.63) is 5.82 Å². The van der Waals surface area contributed by atoms with Crippen LogP contribution in [0.5, 0.6) is 0 Å². The zero-order chi connectivity index (χ0) is 16.2. The average molecular weight is 334 g/mol. The van der Waals surface area contributed by atoms with Crippen molar-refractivity contribution in [1.29, 1.82) is 0 Å². The number of aryl methyl sites for hydroxylation is 1. The van der Waals surface area contributed by atoms with E-state index < -0.39 is 0 Å². The molecule has 1 aromatic rings. The Hall–Kier alpha value is -1.01. The number of tetrazole rings is 1. The van der Waals surface area contributed by atoms with Crippen LogP contribution in [0.15, 0.2) is 0 Å². The Labute approximate surface area is 144 Å². The maximum atomic E-state index is 6.30. The van der Waals surface area contributed by atoms with Crippen LogP contribution in [0.3, 0.4) is 0 Å². The number of nitrogens with zero attached hydrogens (tertiary/aromatic N) is 3. The number of ether oxygens (including phenoxy) is 2. The highest BCUT2D eigenvalue weighted by molar-refractivity contribution is 4.96. The van der Waals surface area contributed by atoms with E-state index in [1.165, 1.54) is 57.8 Å². The molecule has 2 aliphatic heterocycles. The lowest BCUT2D eigenvalue weighted by Crippen LogP contribution is -2.32. The fourth-order valence-electron chi connectivity index (χ4n) is 4.93. The van der Waals surface area contributed by atoms with Crippen LogP contribution >= 0.6 is 0 Å². The van der Waals surface area contributed by atoms with Gasteiger partial charge in [-0.3, -0.25) is 0 Å². The molecule has 4 atom stereocenters. The Balaban J connectivity index is 1.23. The molecular formula is C18H30N4O2. The van der Waals surface area contributed by atoms with Crippen LogP contribution in [0.2, 0.25) is 0 Å². The molecule has 1 N–H and O–H groups in total. The van der Waals surface area contributed by atoms with Gasteiger partial charge >= 0.3 is 0 Å². The topological polar surface area (TPSA) is 72.9 Å². The minimum Gasteiger partial charge on any atom is -0.378 e. The number of aromatic amines is 1. The number of hydrogen-bond acceptors (Lipinski definition) is 5. The summed E-state index contributed by atoms with van der Waals surface area (Å²) in [4.78, 5) is 0. The zero-order valence-corrected chi connectivity index (χ0v) is 14.5. The molecule has 0 amide bonds. The number of nitrogens with one attached hydrogen (secondary N) is 1. The molecule has 3 aliphatic rings. The molecule has 0 radical (unpaired) electrons.